The first kappa shape index (κ1) is 19.0. The van der Waals surface area contributed by atoms with Crippen LogP contribution in [0.15, 0.2) is 30.3 Å². The summed E-state index contributed by atoms with van der Waals surface area (Å²) in [5.41, 5.74) is -0.683. The number of carbonyl (C=O) groups is 1. The van der Waals surface area contributed by atoms with E-state index in [2.05, 4.69) is 5.32 Å². The van der Waals surface area contributed by atoms with Gasteiger partial charge in [0.15, 0.2) is 5.60 Å². The molecule has 2 N–H and O–H groups in total. The van der Waals surface area contributed by atoms with Gasteiger partial charge in [-0.25, -0.2) is 4.42 Å². The predicted molar refractivity (Wildman–Crippen MR) is 100 cm³/mol. The van der Waals surface area contributed by atoms with Gasteiger partial charge in [0.1, 0.15) is 0 Å². The summed E-state index contributed by atoms with van der Waals surface area (Å²) in [5, 5.41) is 14.4. The molecule has 0 bridgehead atoms. The van der Waals surface area contributed by atoms with Crippen molar-refractivity contribution in [2.45, 2.75) is 31.3 Å². The van der Waals surface area contributed by atoms with Crippen molar-refractivity contribution < 1.29 is 9.90 Å². The smallest absolute Gasteiger partial charge is 0.256 e. The van der Waals surface area contributed by atoms with E-state index in [1.807, 2.05) is 34.8 Å². The number of hydrogen-bond acceptors (Lipinski definition) is 3. The Morgan fingerprint density at radius 2 is 1.80 bits per heavy atom. The Balaban J connectivity index is 0.00000182. The molecular formula is C19H26Cl2N2O2. The van der Waals surface area contributed by atoms with Gasteiger partial charge >= 0.3 is 0 Å². The molecule has 2 saturated carbocycles. The van der Waals surface area contributed by atoms with Gasteiger partial charge in [0.2, 0.25) is 0 Å². The lowest BCUT2D eigenvalue weighted by Gasteiger charge is -2.33. The molecule has 1 aromatic rings. The summed E-state index contributed by atoms with van der Waals surface area (Å²) in [6, 6.07) is 9.44. The molecule has 3 unspecified atom stereocenters. The third kappa shape index (κ3) is 3.42. The lowest BCUT2D eigenvalue weighted by atomic mass is 9.79. The van der Waals surface area contributed by atoms with Crippen molar-refractivity contribution in [1.82, 2.24) is 9.74 Å². The minimum Gasteiger partial charge on any atom is -0.375 e. The normalized spacial score (nSPS) is 31.0. The Bertz CT molecular complexity index is 597. The number of halogens is 2. The maximum Gasteiger partial charge on any atom is 0.256 e. The zero-order chi connectivity index (χ0) is 16.7. The largest absolute Gasteiger partial charge is 0.375 e. The monoisotopic (exact) mass is 384 g/mol. The minimum atomic E-state index is -1.40. The molecule has 1 aromatic carbocycles. The van der Waals surface area contributed by atoms with Crippen LogP contribution in [-0.4, -0.2) is 35.1 Å². The quantitative estimate of drug-likeness (QED) is 0.767. The van der Waals surface area contributed by atoms with Crippen LogP contribution in [0, 0.1) is 23.7 Å². The van der Waals surface area contributed by atoms with E-state index in [1.54, 1.807) is 0 Å². The Morgan fingerprint density at radius 1 is 1.20 bits per heavy atom. The SMILES string of the molecule is Cl.O=C(NCC1C2CN(Cl)C[C@H]12)C(O)(c1ccccc1)C1CCCC1. The summed E-state index contributed by atoms with van der Waals surface area (Å²) < 4.78 is 1.84. The van der Waals surface area contributed by atoms with Crippen LogP contribution >= 0.6 is 24.2 Å². The third-order valence-electron chi connectivity index (χ3n) is 6.33. The molecule has 3 aliphatic rings. The van der Waals surface area contributed by atoms with E-state index in [4.69, 9.17) is 11.8 Å². The van der Waals surface area contributed by atoms with Gasteiger partial charge in [-0.2, -0.15) is 0 Å². The van der Waals surface area contributed by atoms with Gasteiger partial charge in [-0.3, -0.25) is 4.79 Å². The van der Waals surface area contributed by atoms with Gasteiger partial charge in [-0.05, 0) is 47.9 Å². The predicted octanol–water partition coefficient (Wildman–Crippen LogP) is 2.93. The fourth-order valence-corrected chi connectivity index (χ4v) is 5.15. The number of rotatable bonds is 5. The molecule has 0 spiro atoms. The molecule has 4 nitrogen and oxygen atoms in total. The van der Waals surface area contributed by atoms with E-state index >= 15 is 0 Å². The highest BCUT2D eigenvalue weighted by Gasteiger charge is 2.55. The summed E-state index contributed by atoms with van der Waals surface area (Å²) in [6.45, 7) is 2.48. The van der Waals surface area contributed by atoms with E-state index in [0.29, 0.717) is 24.3 Å². The fourth-order valence-electron chi connectivity index (χ4n) is 4.83. The number of fused-ring (bicyclic) bond motifs is 1. The first-order valence-corrected chi connectivity index (χ1v) is 9.41. The second kappa shape index (κ2) is 7.43. The molecule has 2 aliphatic carbocycles. The Morgan fingerprint density at radius 3 is 2.40 bits per heavy atom. The van der Waals surface area contributed by atoms with Crippen molar-refractivity contribution in [3.63, 3.8) is 0 Å². The molecule has 138 valence electrons. The molecule has 1 amide bonds. The summed E-state index contributed by atoms with van der Waals surface area (Å²) >= 11 is 6.01. The van der Waals surface area contributed by atoms with Gasteiger partial charge in [0.25, 0.3) is 5.91 Å². The summed E-state index contributed by atoms with van der Waals surface area (Å²) in [7, 11) is 0. The highest BCUT2D eigenvalue weighted by Crippen LogP contribution is 2.51. The van der Waals surface area contributed by atoms with Crippen LogP contribution in [0.25, 0.3) is 0 Å². The van der Waals surface area contributed by atoms with E-state index in [0.717, 1.165) is 44.3 Å². The number of piperidine rings is 1. The van der Waals surface area contributed by atoms with Gasteiger partial charge in [0.05, 0.1) is 0 Å². The third-order valence-corrected chi connectivity index (χ3v) is 6.61. The topological polar surface area (TPSA) is 52.6 Å². The average Bonchev–Trinajstić information content (AvgIpc) is 3.03. The van der Waals surface area contributed by atoms with Gasteiger partial charge in [-0.15, -0.1) is 12.4 Å². The van der Waals surface area contributed by atoms with Crippen LogP contribution < -0.4 is 5.32 Å². The number of hydrogen-bond donors (Lipinski definition) is 2. The van der Waals surface area contributed by atoms with Gasteiger partial charge in [0, 0.05) is 25.6 Å². The van der Waals surface area contributed by atoms with Crippen molar-refractivity contribution >= 4 is 30.1 Å². The Labute approximate surface area is 160 Å². The molecule has 0 radical (unpaired) electrons. The maximum atomic E-state index is 13.0. The van der Waals surface area contributed by atoms with Crippen LogP contribution in [-0.2, 0) is 10.4 Å². The molecule has 0 aromatic heterocycles. The summed E-state index contributed by atoms with van der Waals surface area (Å²) in [4.78, 5) is 13.0. The number of aliphatic hydroxyl groups is 1. The van der Waals surface area contributed by atoms with Crippen molar-refractivity contribution in [1.29, 1.82) is 0 Å². The number of nitrogens with one attached hydrogen (secondary N) is 1. The number of nitrogens with zero attached hydrogens (tertiary/aromatic N) is 1. The zero-order valence-corrected chi connectivity index (χ0v) is 15.8. The van der Waals surface area contributed by atoms with E-state index in [9.17, 15) is 9.90 Å². The Hall–Kier alpha value is -0.810. The molecular weight excluding hydrogens is 359 g/mol. The van der Waals surface area contributed by atoms with Crippen molar-refractivity contribution in [2.75, 3.05) is 19.6 Å². The molecule has 1 heterocycles. The number of amides is 1. The van der Waals surface area contributed by atoms with Crippen molar-refractivity contribution in [2.24, 2.45) is 23.7 Å². The number of benzene rings is 1. The van der Waals surface area contributed by atoms with Crippen molar-refractivity contribution in [3.8, 4) is 0 Å². The van der Waals surface area contributed by atoms with Crippen LogP contribution in [0.4, 0.5) is 0 Å². The van der Waals surface area contributed by atoms with E-state index < -0.39 is 5.60 Å². The molecule has 4 rings (SSSR count). The standard InChI is InChI=1S/C19H25ClN2O2.ClH/c20-22-11-16-15(17(16)12-22)10-21-18(23)19(24,14-8-4-5-9-14)13-6-2-1-3-7-13;/h1-3,6-7,14-17,24H,4-5,8-12H2,(H,21,23);1H/t15?,16-,17?,19?;/m1./s1. The van der Waals surface area contributed by atoms with Crippen LogP contribution in [0.3, 0.4) is 0 Å². The molecule has 1 saturated heterocycles. The van der Waals surface area contributed by atoms with E-state index in [-0.39, 0.29) is 24.2 Å². The molecule has 6 heteroatoms. The van der Waals surface area contributed by atoms with Crippen molar-refractivity contribution in [3.05, 3.63) is 35.9 Å². The second-order valence-corrected chi connectivity index (χ2v) is 8.12. The highest BCUT2D eigenvalue weighted by atomic mass is 35.5. The summed E-state index contributed by atoms with van der Waals surface area (Å²) in [6.07, 6.45) is 4.00. The highest BCUT2D eigenvalue weighted by molar-refractivity contribution is 6.13. The average molecular weight is 385 g/mol. The molecule has 25 heavy (non-hydrogen) atoms. The fraction of sp³-hybridized carbons (Fsp3) is 0.632. The second-order valence-electron chi connectivity index (χ2n) is 7.64. The lowest BCUT2D eigenvalue weighted by molar-refractivity contribution is -0.147. The van der Waals surface area contributed by atoms with Gasteiger partial charge < -0.3 is 10.4 Å². The van der Waals surface area contributed by atoms with Crippen LogP contribution in [0.5, 0.6) is 0 Å². The first-order valence-electron chi connectivity index (χ1n) is 9.07. The summed E-state index contributed by atoms with van der Waals surface area (Å²) in [5.74, 6) is 1.52. The van der Waals surface area contributed by atoms with Crippen LogP contribution in [0.1, 0.15) is 31.2 Å². The molecule has 4 atom stereocenters. The molecule has 1 aliphatic heterocycles. The Kier molecular flexibility index (Phi) is 5.64. The van der Waals surface area contributed by atoms with E-state index in [1.165, 1.54) is 0 Å². The van der Waals surface area contributed by atoms with Gasteiger partial charge in [-0.1, -0.05) is 43.2 Å². The first-order chi connectivity index (χ1) is 11.6. The molecule has 3 fully saturated rings. The van der Waals surface area contributed by atoms with Crippen LogP contribution in [0.2, 0.25) is 0 Å². The number of carbonyl (C=O) groups excluding carboxylic acids is 1. The maximum absolute atomic E-state index is 13.0. The lowest BCUT2D eigenvalue weighted by Crippen LogP contribution is -2.49. The zero-order valence-electron chi connectivity index (χ0n) is 14.2. The minimum absolute atomic E-state index is 0.